The van der Waals surface area contributed by atoms with Crippen LogP contribution < -0.4 is 15.8 Å². The van der Waals surface area contributed by atoms with Crippen molar-refractivity contribution in [3.8, 4) is 5.75 Å². The van der Waals surface area contributed by atoms with Crippen LogP contribution in [0.1, 0.15) is 39.3 Å². The molecule has 0 aliphatic heterocycles. The maximum absolute atomic E-state index is 5.94. The first-order valence-corrected chi connectivity index (χ1v) is 7.96. The third-order valence-corrected chi connectivity index (χ3v) is 3.60. The molecule has 132 valence electrons. The molecule has 0 spiro atoms. The molecular weight excluding hydrogens is 403 g/mol. The Kier molecular flexibility index (Phi) is 11.0. The molecule has 0 aliphatic rings. The third-order valence-electron chi connectivity index (χ3n) is 3.60. The van der Waals surface area contributed by atoms with Crippen LogP contribution in [0.2, 0.25) is 0 Å². The first-order chi connectivity index (χ1) is 10.5. The van der Waals surface area contributed by atoms with E-state index >= 15 is 0 Å². The molecule has 1 aromatic rings. The van der Waals surface area contributed by atoms with Gasteiger partial charge in [0.15, 0.2) is 5.96 Å². The van der Waals surface area contributed by atoms with Crippen molar-refractivity contribution in [2.75, 3.05) is 26.7 Å². The minimum Gasteiger partial charge on any atom is -0.497 e. The van der Waals surface area contributed by atoms with Crippen LogP contribution in [0.3, 0.4) is 0 Å². The van der Waals surface area contributed by atoms with Crippen LogP contribution in [0.5, 0.6) is 5.75 Å². The lowest BCUT2D eigenvalue weighted by Gasteiger charge is -2.29. The fourth-order valence-corrected chi connectivity index (χ4v) is 2.47. The third kappa shape index (κ3) is 7.39. The molecule has 0 bridgehead atoms. The van der Waals surface area contributed by atoms with E-state index < -0.39 is 0 Å². The van der Waals surface area contributed by atoms with Crippen LogP contribution in [0, 0.1) is 0 Å². The molecule has 0 amide bonds. The molecule has 0 aromatic heterocycles. The predicted molar refractivity (Wildman–Crippen MR) is 109 cm³/mol. The number of rotatable bonds is 8. The van der Waals surface area contributed by atoms with Crippen molar-refractivity contribution in [3.05, 3.63) is 29.8 Å². The molecular formula is C17H31IN4O. The first-order valence-electron chi connectivity index (χ1n) is 7.96. The summed E-state index contributed by atoms with van der Waals surface area (Å²) in [5.41, 5.74) is 7.13. The van der Waals surface area contributed by atoms with Gasteiger partial charge in [-0.2, -0.15) is 0 Å². The topological polar surface area (TPSA) is 62.9 Å². The molecule has 6 heteroatoms. The van der Waals surface area contributed by atoms with Crippen LogP contribution in [-0.2, 0) is 0 Å². The zero-order valence-corrected chi connectivity index (χ0v) is 17.2. The second-order valence-electron chi connectivity index (χ2n) is 5.54. The molecule has 0 aliphatic carbocycles. The van der Waals surface area contributed by atoms with Gasteiger partial charge in [0.2, 0.25) is 0 Å². The summed E-state index contributed by atoms with van der Waals surface area (Å²) >= 11 is 0. The van der Waals surface area contributed by atoms with Crippen molar-refractivity contribution >= 4 is 29.9 Å². The minimum atomic E-state index is 0. The first kappa shape index (κ1) is 22.0. The monoisotopic (exact) mass is 434 g/mol. The lowest BCUT2D eigenvalue weighted by Crippen LogP contribution is -2.38. The Balaban J connectivity index is 0.00000484. The van der Waals surface area contributed by atoms with Crippen molar-refractivity contribution in [3.63, 3.8) is 0 Å². The lowest BCUT2D eigenvalue weighted by atomic mass is 10.0. The van der Waals surface area contributed by atoms with Crippen molar-refractivity contribution < 1.29 is 4.74 Å². The number of aliphatic imine (C=N–C) groups is 1. The molecule has 0 fully saturated rings. The second kappa shape index (κ2) is 11.5. The molecule has 3 N–H and O–H groups in total. The van der Waals surface area contributed by atoms with E-state index in [0.717, 1.165) is 18.8 Å². The molecule has 5 nitrogen and oxygen atoms in total. The minimum absolute atomic E-state index is 0. The Labute approximate surface area is 157 Å². The van der Waals surface area contributed by atoms with Crippen molar-refractivity contribution in [1.29, 1.82) is 0 Å². The Hall–Kier alpha value is -1.02. The van der Waals surface area contributed by atoms with Gasteiger partial charge in [0.25, 0.3) is 0 Å². The van der Waals surface area contributed by atoms with Crippen molar-refractivity contribution in [1.82, 2.24) is 10.2 Å². The highest BCUT2D eigenvalue weighted by Gasteiger charge is 2.18. The molecule has 0 heterocycles. The average Bonchev–Trinajstić information content (AvgIpc) is 2.50. The van der Waals surface area contributed by atoms with E-state index in [1.54, 1.807) is 7.11 Å². The quantitative estimate of drug-likeness (QED) is 0.375. The van der Waals surface area contributed by atoms with E-state index in [9.17, 15) is 0 Å². The number of benzene rings is 1. The highest BCUT2D eigenvalue weighted by Crippen LogP contribution is 2.24. The van der Waals surface area contributed by atoms with Gasteiger partial charge in [0.1, 0.15) is 5.75 Å². The predicted octanol–water partition coefficient (Wildman–Crippen LogP) is 3.01. The fraction of sp³-hybridized carbons (Fsp3) is 0.588. The standard InChI is InChI=1S/C17H30N4O.HI/c1-6-21(7-2)16(12-19-17(18)20-13(3)4)14-9-8-10-15(11-14)22-5;/h8-11,13,16H,6-7,12H2,1-5H3,(H3,18,19,20);1H. The van der Waals surface area contributed by atoms with Crippen LogP contribution in [-0.4, -0.2) is 43.6 Å². The van der Waals surface area contributed by atoms with Crippen LogP contribution in [0.4, 0.5) is 0 Å². The summed E-state index contributed by atoms with van der Waals surface area (Å²) in [5, 5.41) is 3.13. The fourth-order valence-electron chi connectivity index (χ4n) is 2.47. The van der Waals surface area contributed by atoms with Gasteiger partial charge in [0, 0.05) is 6.04 Å². The number of ether oxygens (including phenoxy) is 1. The Morgan fingerprint density at radius 2 is 1.96 bits per heavy atom. The highest BCUT2D eigenvalue weighted by molar-refractivity contribution is 14.0. The zero-order valence-electron chi connectivity index (χ0n) is 14.9. The summed E-state index contributed by atoms with van der Waals surface area (Å²) in [6, 6.07) is 8.65. The summed E-state index contributed by atoms with van der Waals surface area (Å²) < 4.78 is 5.34. The van der Waals surface area contributed by atoms with Crippen molar-refractivity contribution in [2.45, 2.75) is 39.8 Å². The summed E-state index contributed by atoms with van der Waals surface area (Å²) in [7, 11) is 1.69. The number of likely N-dealkylation sites (N-methyl/N-ethyl adjacent to an activating group) is 1. The molecule has 1 atom stereocenters. The highest BCUT2D eigenvalue weighted by atomic mass is 127. The van der Waals surface area contributed by atoms with Gasteiger partial charge in [-0.3, -0.25) is 9.89 Å². The molecule has 0 saturated heterocycles. The van der Waals surface area contributed by atoms with Crippen LogP contribution in [0.15, 0.2) is 29.3 Å². The van der Waals surface area contributed by atoms with Crippen LogP contribution >= 0.6 is 24.0 Å². The van der Waals surface area contributed by atoms with Crippen LogP contribution in [0.25, 0.3) is 0 Å². The number of nitrogens with zero attached hydrogens (tertiary/aromatic N) is 2. The number of guanidine groups is 1. The Morgan fingerprint density at radius 3 is 2.48 bits per heavy atom. The number of nitrogens with one attached hydrogen (secondary N) is 1. The summed E-state index contributed by atoms with van der Waals surface area (Å²) in [6.45, 7) is 11.0. The maximum Gasteiger partial charge on any atom is 0.188 e. The average molecular weight is 434 g/mol. The van der Waals surface area contributed by atoms with E-state index in [4.69, 9.17) is 10.5 Å². The van der Waals surface area contributed by atoms with Gasteiger partial charge in [0.05, 0.1) is 19.7 Å². The summed E-state index contributed by atoms with van der Waals surface area (Å²) in [5.74, 6) is 1.36. The van der Waals surface area contributed by atoms with Gasteiger partial charge in [-0.1, -0.05) is 26.0 Å². The molecule has 0 radical (unpaired) electrons. The Bertz CT molecular complexity index is 475. The van der Waals surface area contributed by atoms with E-state index in [1.165, 1.54) is 5.56 Å². The van der Waals surface area contributed by atoms with Gasteiger partial charge < -0.3 is 15.8 Å². The zero-order chi connectivity index (χ0) is 16.5. The number of nitrogens with two attached hydrogens (primary N) is 1. The molecule has 1 unspecified atom stereocenters. The molecule has 23 heavy (non-hydrogen) atoms. The Morgan fingerprint density at radius 1 is 1.30 bits per heavy atom. The number of hydrogen-bond donors (Lipinski definition) is 2. The lowest BCUT2D eigenvalue weighted by molar-refractivity contribution is 0.224. The summed E-state index contributed by atoms with van der Waals surface area (Å²) in [4.78, 5) is 6.89. The summed E-state index contributed by atoms with van der Waals surface area (Å²) in [6.07, 6.45) is 0. The van der Waals surface area contributed by atoms with Gasteiger partial charge in [-0.15, -0.1) is 24.0 Å². The van der Waals surface area contributed by atoms with Gasteiger partial charge in [-0.05, 0) is 44.6 Å². The molecule has 1 rings (SSSR count). The van der Waals surface area contributed by atoms with E-state index in [1.807, 2.05) is 26.0 Å². The number of methoxy groups -OCH3 is 1. The molecule has 1 aromatic carbocycles. The van der Waals surface area contributed by atoms with Crippen molar-refractivity contribution in [2.24, 2.45) is 10.7 Å². The normalized spacial score (nSPS) is 12.9. The molecule has 0 saturated carbocycles. The maximum atomic E-state index is 5.94. The SMILES string of the molecule is CCN(CC)C(CN=C(N)NC(C)C)c1cccc(OC)c1.I. The van der Waals surface area contributed by atoms with Gasteiger partial charge in [-0.25, -0.2) is 0 Å². The van der Waals surface area contributed by atoms with E-state index in [0.29, 0.717) is 12.5 Å². The largest absolute Gasteiger partial charge is 0.497 e. The van der Waals surface area contributed by atoms with E-state index in [-0.39, 0.29) is 36.1 Å². The number of halogens is 1. The second-order valence-corrected chi connectivity index (χ2v) is 5.54. The van der Waals surface area contributed by atoms with Gasteiger partial charge >= 0.3 is 0 Å². The van der Waals surface area contributed by atoms with E-state index in [2.05, 4.69) is 41.2 Å². The number of hydrogen-bond acceptors (Lipinski definition) is 3. The smallest absolute Gasteiger partial charge is 0.188 e.